The summed E-state index contributed by atoms with van der Waals surface area (Å²) in [5, 5.41) is 3.67. The fourth-order valence-corrected chi connectivity index (χ4v) is 2.78. The maximum absolute atomic E-state index is 12.9. The summed E-state index contributed by atoms with van der Waals surface area (Å²) in [4.78, 5) is 17.6. The molecule has 10 heteroatoms. The van der Waals surface area contributed by atoms with E-state index in [1.807, 2.05) is 4.90 Å². The molecule has 6 nitrogen and oxygen atoms in total. The Labute approximate surface area is 147 Å². The molecule has 1 aliphatic rings. The van der Waals surface area contributed by atoms with Gasteiger partial charge in [-0.25, -0.2) is 19.9 Å². The van der Waals surface area contributed by atoms with Crippen LogP contribution in [-0.2, 0) is 6.18 Å². The molecule has 1 fully saturated rings. The van der Waals surface area contributed by atoms with Crippen LogP contribution in [-0.4, -0.2) is 39.1 Å². The highest BCUT2D eigenvalue weighted by Crippen LogP contribution is 2.30. The molecule has 0 spiro atoms. The lowest BCUT2D eigenvalue weighted by Crippen LogP contribution is -2.40. The van der Waals surface area contributed by atoms with Crippen LogP contribution in [0.3, 0.4) is 0 Å². The predicted octanol–water partition coefficient (Wildman–Crippen LogP) is 3.33. The Kier molecular flexibility index (Phi) is 4.94. The molecule has 0 unspecified atom stereocenters. The number of hydrogen-bond donors (Lipinski definition) is 1. The molecule has 134 valence electrons. The van der Waals surface area contributed by atoms with E-state index < -0.39 is 11.9 Å². The zero-order valence-corrected chi connectivity index (χ0v) is 14.1. The van der Waals surface area contributed by atoms with E-state index in [2.05, 4.69) is 25.3 Å². The first-order chi connectivity index (χ1) is 11.8. The van der Waals surface area contributed by atoms with Crippen LogP contribution in [0.5, 0.6) is 0 Å². The minimum atomic E-state index is -4.48. The molecule has 3 heterocycles. The van der Waals surface area contributed by atoms with Gasteiger partial charge in [-0.1, -0.05) is 11.6 Å². The molecule has 2 aromatic heterocycles. The summed E-state index contributed by atoms with van der Waals surface area (Å²) in [6.07, 6.45) is 0.00370. The van der Waals surface area contributed by atoms with Crippen molar-refractivity contribution in [3.63, 3.8) is 0 Å². The molecule has 1 aliphatic heterocycles. The molecule has 0 aromatic carbocycles. The molecule has 0 bridgehead atoms. The number of alkyl halides is 3. The normalized spacial score (nSPS) is 16.1. The van der Waals surface area contributed by atoms with Crippen LogP contribution in [0.2, 0.25) is 5.02 Å². The lowest BCUT2D eigenvalue weighted by atomic mass is 10.1. The average Bonchev–Trinajstić information content (AvgIpc) is 2.56. The van der Waals surface area contributed by atoms with Gasteiger partial charge >= 0.3 is 6.18 Å². The van der Waals surface area contributed by atoms with Gasteiger partial charge < -0.3 is 10.2 Å². The lowest BCUT2D eigenvalue weighted by molar-refractivity contribution is -0.141. The third kappa shape index (κ3) is 4.47. The first-order valence-electron chi connectivity index (χ1n) is 7.73. The number of aromatic nitrogens is 4. The summed E-state index contributed by atoms with van der Waals surface area (Å²) in [6.45, 7) is 2.63. The standard InChI is InChI=1S/C15H16ClF3N6/c1-9-22-12(15(17,18)19)6-13(23-9)25-4-2-11(3-5-25)24-14-20-7-10(16)8-21-14/h6-8,11H,2-5H2,1H3,(H,20,21,24). The number of nitrogens with one attached hydrogen (secondary N) is 1. The van der Waals surface area contributed by atoms with Gasteiger partial charge in [-0.2, -0.15) is 13.2 Å². The van der Waals surface area contributed by atoms with E-state index in [0.29, 0.717) is 29.9 Å². The number of rotatable bonds is 3. The monoisotopic (exact) mass is 372 g/mol. The van der Waals surface area contributed by atoms with E-state index in [0.717, 1.165) is 18.9 Å². The van der Waals surface area contributed by atoms with Crippen molar-refractivity contribution in [2.75, 3.05) is 23.3 Å². The van der Waals surface area contributed by atoms with E-state index in [-0.39, 0.29) is 11.9 Å². The van der Waals surface area contributed by atoms with Crippen molar-refractivity contribution in [1.82, 2.24) is 19.9 Å². The Morgan fingerprint density at radius 2 is 1.80 bits per heavy atom. The van der Waals surface area contributed by atoms with Gasteiger partial charge in [0.25, 0.3) is 0 Å². The highest BCUT2D eigenvalue weighted by atomic mass is 35.5. The molecule has 0 amide bonds. The molecule has 3 rings (SSSR count). The summed E-state index contributed by atoms with van der Waals surface area (Å²) >= 11 is 5.75. The van der Waals surface area contributed by atoms with Gasteiger partial charge in [-0.05, 0) is 19.8 Å². The second-order valence-corrected chi connectivity index (χ2v) is 6.22. The van der Waals surface area contributed by atoms with Gasteiger partial charge in [0.1, 0.15) is 17.3 Å². The lowest BCUT2D eigenvalue weighted by Gasteiger charge is -2.33. The van der Waals surface area contributed by atoms with Crippen molar-refractivity contribution >= 4 is 23.4 Å². The van der Waals surface area contributed by atoms with Crippen LogP contribution in [0.1, 0.15) is 24.4 Å². The Balaban J connectivity index is 1.64. The van der Waals surface area contributed by atoms with Crippen LogP contribution in [0.25, 0.3) is 0 Å². The molecule has 0 radical (unpaired) electrons. The molecular formula is C15H16ClF3N6. The number of anilines is 2. The van der Waals surface area contributed by atoms with E-state index in [4.69, 9.17) is 11.6 Å². The SMILES string of the molecule is Cc1nc(N2CCC(Nc3ncc(Cl)cn3)CC2)cc(C(F)(F)F)n1. The van der Waals surface area contributed by atoms with Crippen molar-refractivity contribution < 1.29 is 13.2 Å². The first-order valence-corrected chi connectivity index (χ1v) is 8.11. The topological polar surface area (TPSA) is 66.8 Å². The Morgan fingerprint density at radius 3 is 2.40 bits per heavy atom. The van der Waals surface area contributed by atoms with Gasteiger partial charge in [-0.15, -0.1) is 0 Å². The highest BCUT2D eigenvalue weighted by molar-refractivity contribution is 6.30. The molecule has 0 saturated carbocycles. The Morgan fingerprint density at radius 1 is 1.16 bits per heavy atom. The van der Waals surface area contributed by atoms with Gasteiger partial charge in [-0.3, -0.25) is 0 Å². The number of piperidine rings is 1. The molecule has 2 aromatic rings. The summed E-state index contributed by atoms with van der Waals surface area (Å²) in [5.41, 5.74) is -0.912. The van der Waals surface area contributed by atoms with Crippen LogP contribution in [0.4, 0.5) is 24.9 Å². The summed E-state index contributed by atoms with van der Waals surface area (Å²) in [7, 11) is 0. The molecule has 1 saturated heterocycles. The maximum atomic E-state index is 12.9. The molecule has 0 atom stereocenters. The number of hydrogen-bond acceptors (Lipinski definition) is 6. The van der Waals surface area contributed by atoms with Crippen LogP contribution in [0, 0.1) is 6.92 Å². The highest BCUT2D eigenvalue weighted by Gasteiger charge is 2.34. The molecule has 0 aliphatic carbocycles. The third-order valence-corrected chi connectivity index (χ3v) is 4.08. The summed E-state index contributed by atoms with van der Waals surface area (Å²) in [5.74, 6) is 0.903. The number of nitrogens with zero attached hydrogens (tertiary/aromatic N) is 5. The van der Waals surface area contributed by atoms with Crippen molar-refractivity contribution in [3.8, 4) is 0 Å². The van der Waals surface area contributed by atoms with Crippen LogP contribution >= 0.6 is 11.6 Å². The minimum Gasteiger partial charge on any atom is -0.356 e. The van der Waals surface area contributed by atoms with Gasteiger partial charge in [0.2, 0.25) is 5.95 Å². The van der Waals surface area contributed by atoms with Crippen LogP contribution < -0.4 is 10.2 Å². The number of halogens is 4. The summed E-state index contributed by atoms with van der Waals surface area (Å²) in [6, 6.07) is 1.14. The molecule has 25 heavy (non-hydrogen) atoms. The average molecular weight is 373 g/mol. The minimum absolute atomic E-state index is 0.111. The fourth-order valence-electron chi connectivity index (χ4n) is 2.68. The van der Waals surface area contributed by atoms with E-state index in [1.165, 1.54) is 19.3 Å². The second-order valence-electron chi connectivity index (χ2n) is 5.79. The Bertz CT molecular complexity index is 729. The van der Waals surface area contributed by atoms with Crippen molar-refractivity contribution in [2.24, 2.45) is 0 Å². The van der Waals surface area contributed by atoms with E-state index in [1.54, 1.807) is 0 Å². The second kappa shape index (κ2) is 6.99. The van der Waals surface area contributed by atoms with Crippen molar-refractivity contribution in [3.05, 3.63) is 35.0 Å². The zero-order chi connectivity index (χ0) is 18.0. The number of aryl methyl sites for hydroxylation is 1. The quantitative estimate of drug-likeness (QED) is 0.891. The van der Waals surface area contributed by atoms with Crippen molar-refractivity contribution in [1.29, 1.82) is 0 Å². The van der Waals surface area contributed by atoms with Gasteiger partial charge in [0, 0.05) is 25.2 Å². The van der Waals surface area contributed by atoms with Crippen molar-refractivity contribution in [2.45, 2.75) is 32.0 Å². The third-order valence-electron chi connectivity index (χ3n) is 3.89. The zero-order valence-electron chi connectivity index (χ0n) is 13.4. The summed E-state index contributed by atoms with van der Waals surface area (Å²) < 4.78 is 38.7. The van der Waals surface area contributed by atoms with E-state index in [9.17, 15) is 13.2 Å². The fraction of sp³-hybridized carbons (Fsp3) is 0.467. The molecular weight excluding hydrogens is 357 g/mol. The van der Waals surface area contributed by atoms with Gasteiger partial charge in [0.15, 0.2) is 0 Å². The predicted molar refractivity (Wildman–Crippen MR) is 87.7 cm³/mol. The molecule has 1 N–H and O–H groups in total. The first kappa shape index (κ1) is 17.7. The maximum Gasteiger partial charge on any atom is 0.433 e. The van der Waals surface area contributed by atoms with E-state index >= 15 is 0 Å². The van der Waals surface area contributed by atoms with Crippen LogP contribution in [0.15, 0.2) is 18.5 Å². The Hall–Kier alpha value is -2.16. The van der Waals surface area contributed by atoms with Gasteiger partial charge in [0.05, 0.1) is 17.4 Å². The largest absolute Gasteiger partial charge is 0.433 e. The smallest absolute Gasteiger partial charge is 0.356 e.